The highest BCUT2D eigenvalue weighted by atomic mass is 16.6. The Labute approximate surface area is 181 Å². The summed E-state index contributed by atoms with van der Waals surface area (Å²) in [6.45, 7) is 5.27. The third-order valence-electron chi connectivity index (χ3n) is 5.55. The molecule has 7 nitrogen and oxygen atoms in total. The van der Waals surface area contributed by atoms with Crippen molar-refractivity contribution >= 4 is 22.9 Å². The van der Waals surface area contributed by atoms with Crippen molar-refractivity contribution in [3.8, 4) is 11.3 Å². The molecule has 0 atom stereocenters. The Morgan fingerprint density at radius 3 is 2.55 bits per heavy atom. The molecular formula is C24H26N4O3. The molecule has 160 valence electrons. The SMILES string of the molecule is CCOC(=O)N1CCC(NC(=O)c2c(-c3ccccc3)nnc3ccc(C)cc23)CC1. The Bertz CT molecular complexity index is 1090. The number of carbonyl (C=O) groups excluding carboxylic acids is 2. The van der Waals surface area contributed by atoms with Crippen molar-refractivity contribution in [3.63, 3.8) is 0 Å². The van der Waals surface area contributed by atoms with Gasteiger partial charge >= 0.3 is 6.09 Å². The summed E-state index contributed by atoms with van der Waals surface area (Å²) >= 11 is 0. The highest BCUT2D eigenvalue weighted by Crippen LogP contribution is 2.28. The summed E-state index contributed by atoms with van der Waals surface area (Å²) in [4.78, 5) is 27.1. The molecule has 1 fully saturated rings. The van der Waals surface area contributed by atoms with Gasteiger partial charge < -0.3 is 15.0 Å². The van der Waals surface area contributed by atoms with Crippen molar-refractivity contribution in [1.29, 1.82) is 0 Å². The highest BCUT2D eigenvalue weighted by Gasteiger charge is 2.27. The monoisotopic (exact) mass is 418 g/mol. The number of nitrogens with zero attached hydrogens (tertiary/aromatic N) is 3. The van der Waals surface area contributed by atoms with Gasteiger partial charge in [0.25, 0.3) is 5.91 Å². The second-order valence-corrected chi connectivity index (χ2v) is 7.74. The van der Waals surface area contributed by atoms with E-state index in [4.69, 9.17) is 4.74 Å². The predicted molar refractivity (Wildman–Crippen MR) is 119 cm³/mol. The van der Waals surface area contributed by atoms with Crippen LogP contribution in [0, 0.1) is 6.92 Å². The summed E-state index contributed by atoms with van der Waals surface area (Å²) in [7, 11) is 0. The molecule has 1 aliphatic heterocycles. The number of likely N-dealkylation sites (tertiary alicyclic amines) is 1. The average Bonchev–Trinajstić information content (AvgIpc) is 2.79. The number of aryl methyl sites for hydroxylation is 1. The van der Waals surface area contributed by atoms with E-state index in [1.165, 1.54) is 0 Å². The number of nitrogens with one attached hydrogen (secondary N) is 1. The maximum atomic E-state index is 13.5. The van der Waals surface area contributed by atoms with Crippen molar-refractivity contribution in [2.75, 3.05) is 19.7 Å². The summed E-state index contributed by atoms with van der Waals surface area (Å²) in [6.07, 6.45) is 1.07. The van der Waals surface area contributed by atoms with Crippen LogP contribution in [0.25, 0.3) is 22.2 Å². The van der Waals surface area contributed by atoms with Crippen LogP contribution in [0.4, 0.5) is 4.79 Å². The summed E-state index contributed by atoms with van der Waals surface area (Å²) in [6, 6.07) is 15.4. The summed E-state index contributed by atoms with van der Waals surface area (Å²) in [5.41, 5.74) is 3.69. The smallest absolute Gasteiger partial charge is 0.409 e. The molecule has 4 rings (SSSR count). The predicted octanol–water partition coefficient (Wildman–Crippen LogP) is 3.96. The number of hydrogen-bond donors (Lipinski definition) is 1. The van der Waals surface area contributed by atoms with E-state index in [1.54, 1.807) is 11.8 Å². The Kier molecular flexibility index (Phi) is 6.11. The van der Waals surface area contributed by atoms with Crippen LogP contribution in [-0.2, 0) is 4.74 Å². The summed E-state index contributed by atoms with van der Waals surface area (Å²) < 4.78 is 5.08. The van der Waals surface area contributed by atoms with E-state index >= 15 is 0 Å². The molecule has 3 aromatic rings. The van der Waals surface area contributed by atoms with Gasteiger partial charge in [-0.15, -0.1) is 10.2 Å². The van der Waals surface area contributed by atoms with E-state index in [9.17, 15) is 9.59 Å². The van der Waals surface area contributed by atoms with Crippen molar-refractivity contribution in [3.05, 3.63) is 59.7 Å². The second-order valence-electron chi connectivity index (χ2n) is 7.74. The van der Waals surface area contributed by atoms with Crippen molar-refractivity contribution in [2.24, 2.45) is 0 Å². The van der Waals surface area contributed by atoms with Gasteiger partial charge in [-0.05, 0) is 38.8 Å². The standard InChI is InChI=1S/C24H26N4O3/c1-3-31-24(30)28-13-11-18(12-14-28)25-23(29)21-19-15-16(2)9-10-20(19)26-27-22(21)17-7-5-4-6-8-17/h4-10,15,18H,3,11-14H2,1-2H3,(H,25,29). The number of amides is 2. The molecular weight excluding hydrogens is 392 g/mol. The van der Waals surface area contributed by atoms with Crippen LogP contribution in [0.2, 0.25) is 0 Å². The number of piperidine rings is 1. The second kappa shape index (κ2) is 9.12. The van der Waals surface area contributed by atoms with E-state index in [2.05, 4.69) is 15.5 Å². The maximum Gasteiger partial charge on any atom is 0.409 e. The quantitative estimate of drug-likeness (QED) is 0.693. The lowest BCUT2D eigenvalue weighted by molar-refractivity contribution is 0.0861. The first kappa shape index (κ1) is 20.8. The Morgan fingerprint density at radius 1 is 1.10 bits per heavy atom. The first-order valence-corrected chi connectivity index (χ1v) is 10.6. The van der Waals surface area contributed by atoms with Gasteiger partial charge in [0.05, 0.1) is 17.7 Å². The first-order valence-electron chi connectivity index (χ1n) is 10.6. The molecule has 1 N–H and O–H groups in total. The van der Waals surface area contributed by atoms with Gasteiger partial charge in [-0.3, -0.25) is 4.79 Å². The van der Waals surface area contributed by atoms with E-state index in [-0.39, 0.29) is 18.0 Å². The molecule has 0 aliphatic carbocycles. The van der Waals surface area contributed by atoms with E-state index in [0.29, 0.717) is 49.3 Å². The van der Waals surface area contributed by atoms with Crippen LogP contribution in [0.5, 0.6) is 0 Å². The lowest BCUT2D eigenvalue weighted by Crippen LogP contribution is -2.46. The molecule has 0 unspecified atom stereocenters. The molecule has 1 aromatic heterocycles. The normalized spacial score (nSPS) is 14.5. The Balaban J connectivity index is 1.61. The largest absolute Gasteiger partial charge is 0.450 e. The first-order chi connectivity index (χ1) is 15.1. The third-order valence-corrected chi connectivity index (χ3v) is 5.55. The number of benzene rings is 2. The van der Waals surface area contributed by atoms with E-state index < -0.39 is 0 Å². The fraction of sp³-hybridized carbons (Fsp3) is 0.333. The van der Waals surface area contributed by atoms with Crippen LogP contribution in [0.15, 0.2) is 48.5 Å². The Hall–Kier alpha value is -3.48. The molecule has 1 aliphatic rings. The number of carbonyl (C=O) groups is 2. The topological polar surface area (TPSA) is 84.4 Å². The molecule has 2 heterocycles. The van der Waals surface area contributed by atoms with Gasteiger partial charge in [-0.2, -0.15) is 0 Å². The van der Waals surface area contributed by atoms with Crippen molar-refractivity contribution in [2.45, 2.75) is 32.7 Å². The molecule has 0 saturated carbocycles. The van der Waals surface area contributed by atoms with Crippen LogP contribution in [0.3, 0.4) is 0 Å². The zero-order chi connectivity index (χ0) is 21.8. The number of fused-ring (bicyclic) bond motifs is 1. The van der Waals surface area contributed by atoms with Gasteiger partial charge in [-0.25, -0.2) is 4.79 Å². The molecule has 1 saturated heterocycles. The third kappa shape index (κ3) is 4.50. The highest BCUT2D eigenvalue weighted by molar-refractivity contribution is 6.10. The Morgan fingerprint density at radius 2 is 1.84 bits per heavy atom. The molecule has 31 heavy (non-hydrogen) atoms. The van der Waals surface area contributed by atoms with Gasteiger partial charge in [0.15, 0.2) is 0 Å². The van der Waals surface area contributed by atoms with Crippen LogP contribution in [-0.4, -0.2) is 52.8 Å². The minimum absolute atomic E-state index is 0.0187. The van der Waals surface area contributed by atoms with Crippen LogP contribution in [0.1, 0.15) is 35.7 Å². The molecule has 2 aromatic carbocycles. The maximum absolute atomic E-state index is 13.5. The molecule has 7 heteroatoms. The zero-order valence-electron chi connectivity index (χ0n) is 17.8. The van der Waals surface area contributed by atoms with Crippen LogP contribution >= 0.6 is 0 Å². The van der Waals surface area contributed by atoms with E-state index in [0.717, 1.165) is 16.5 Å². The van der Waals surface area contributed by atoms with Crippen molar-refractivity contribution < 1.29 is 14.3 Å². The van der Waals surface area contributed by atoms with Crippen LogP contribution < -0.4 is 5.32 Å². The summed E-state index contributed by atoms with van der Waals surface area (Å²) in [5.74, 6) is -0.168. The zero-order valence-corrected chi connectivity index (χ0v) is 17.8. The molecule has 0 spiro atoms. The van der Waals surface area contributed by atoms with Gasteiger partial charge in [-0.1, -0.05) is 42.0 Å². The van der Waals surface area contributed by atoms with Gasteiger partial charge in [0.1, 0.15) is 5.69 Å². The number of ether oxygens (including phenoxy) is 1. The minimum atomic E-state index is -0.293. The van der Waals surface area contributed by atoms with Gasteiger partial charge in [0.2, 0.25) is 0 Å². The number of hydrogen-bond acceptors (Lipinski definition) is 5. The minimum Gasteiger partial charge on any atom is -0.450 e. The van der Waals surface area contributed by atoms with Crippen molar-refractivity contribution in [1.82, 2.24) is 20.4 Å². The lowest BCUT2D eigenvalue weighted by Gasteiger charge is -2.31. The molecule has 0 bridgehead atoms. The fourth-order valence-corrected chi connectivity index (χ4v) is 3.93. The molecule has 2 amide bonds. The molecule has 0 radical (unpaired) electrons. The fourth-order valence-electron chi connectivity index (χ4n) is 3.93. The number of aromatic nitrogens is 2. The number of rotatable bonds is 4. The van der Waals surface area contributed by atoms with E-state index in [1.807, 2.05) is 55.5 Å². The summed E-state index contributed by atoms with van der Waals surface area (Å²) in [5, 5.41) is 12.7. The lowest BCUT2D eigenvalue weighted by atomic mass is 9.98. The van der Waals surface area contributed by atoms with Gasteiger partial charge in [0, 0.05) is 30.1 Å². The average molecular weight is 418 g/mol.